The van der Waals surface area contributed by atoms with Crippen molar-refractivity contribution in [3.8, 4) is 27.3 Å². The van der Waals surface area contributed by atoms with Crippen molar-refractivity contribution in [3.05, 3.63) is 93.8 Å². The van der Waals surface area contributed by atoms with Crippen molar-refractivity contribution in [1.29, 1.82) is 0 Å². The zero-order valence-electron chi connectivity index (χ0n) is 21.5. The highest BCUT2D eigenvalue weighted by Crippen LogP contribution is 2.49. The Hall–Kier alpha value is -3.95. The predicted molar refractivity (Wildman–Crippen MR) is 150 cm³/mol. The molecule has 1 heterocycles. The fourth-order valence-corrected chi connectivity index (χ4v) is 5.83. The topological polar surface area (TPSA) is 84.9 Å². The number of carbonyl (C=O) groups is 2. The lowest BCUT2D eigenvalue weighted by Crippen LogP contribution is -2.19. The molecule has 6 nitrogen and oxygen atoms in total. The summed E-state index contributed by atoms with van der Waals surface area (Å²) in [6, 6.07) is 17.5. The molecule has 4 aromatic rings. The molecule has 1 atom stereocenters. The van der Waals surface area contributed by atoms with E-state index in [0.717, 1.165) is 40.5 Å². The highest BCUT2D eigenvalue weighted by molar-refractivity contribution is 7.20. The number of halogens is 3. The van der Waals surface area contributed by atoms with Crippen molar-refractivity contribution in [2.24, 2.45) is 0 Å². The molecule has 40 heavy (non-hydrogen) atoms. The van der Waals surface area contributed by atoms with Crippen molar-refractivity contribution in [3.63, 3.8) is 0 Å². The van der Waals surface area contributed by atoms with Gasteiger partial charge >= 0.3 is 12.1 Å². The number of methoxy groups -OCH3 is 1. The number of aliphatic carboxylic acids is 1. The van der Waals surface area contributed by atoms with Crippen LogP contribution in [-0.4, -0.2) is 24.3 Å². The van der Waals surface area contributed by atoms with Crippen molar-refractivity contribution in [2.75, 3.05) is 12.4 Å². The van der Waals surface area contributed by atoms with Crippen LogP contribution in [-0.2, 0) is 14.9 Å². The van der Waals surface area contributed by atoms with E-state index >= 15 is 0 Å². The minimum atomic E-state index is -1.04. The third-order valence-corrected chi connectivity index (χ3v) is 8.30. The van der Waals surface area contributed by atoms with Crippen LogP contribution in [0, 0.1) is 11.6 Å². The second-order valence-corrected chi connectivity index (χ2v) is 11.2. The zero-order chi connectivity index (χ0) is 28.6. The summed E-state index contributed by atoms with van der Waals surface area (Å²) in [4.78, 5) is 24.9. The Bertz CT molecular complexity index is 1600. The summed E-state index contributed by atoms with van der Waals surface area (Å²) >= 11 is 7.52. The van der Waals surface area contributed by atoms with Crippen molar-refractivity contribution < 1.29 is 33.0 Å². The Morgan fingerprint density at radius 1 is 1.02 bits per heavy atom. The number of benzene rings is 3. The largest absolute Gasteiger partial charge is 0.496 e. The number of thiophene rings is 1. The molecule has 0 aliphatic heterocycles. The minimum absolute atomic E-state index is 0.0812. The fraction of sp³-hybridized carbons (Fsp3) is 0.200. The molecular formula is C30H24ClF2NO5S. The lowest BCUT2D eigenvalue weighted by Gasteiger charge is -2.16. The summed E-state index contributed by atoms with van der Waals surface area (Å²) in [7, 11) is 1.55. The van der Waals surface area contributed by atoms with Gasteiger partial charge in [-0.3, -0.25) is 10.1 Å². The molecule has 2 N–H and O–H groups in total. The molecule has 3 aromatic carbocycles. The maximum atomic E-state index is 14.1. The van der Waals surface area contributed by atoms with Gasteiger partial charge in [0.25, 0.3) is 0 Å². The molecule has 1 amide bonds. The fourth-order valence-electron chi connectivity index (χ4n) is 4.65. The average molecular weight is 584 g/mol. The van der Waals surface area contributed by atoms with Crippen LogP contribution in [0.5, 0.6) is 5.75 Å². The molecule has 206 valence electrons. The van der Waals surface area contributed by atoms with E-state index in [0.29, 0.717) is 33.5 Å². The van der Waals surface area contributed by atoms with Gasteiger partial charge in [0.1, 0.15) is 23.5 Å². The van der Waals surface area contributed by atoms with Gasteiger partial charge in [0, 0.05) is 11.1 Å². The van der Waals surface area contributed by atoms with Gasteiger partial charge in [-0.25, -0.2) is 13.6 Å². The number of hydrogen-bond acceptors (Lipinski definition) is 5. The molecule has 0 saturated heterocycles. The first-order valence-corrected chi connectivity index (χ1v) is 13.6. The number of nitrogens with one attached hydrogen (secondary N) is 1. The third-order valence-electron chi connectivity index (χ3n) is 6.99. The lowest BCUT2D eigenvalue weighted by atomic mass is 9.93. The minimum Gasteiger partial charge on any atom is -0.496 e. The van der Waals surface area contributed by atoms with E-state index in [-0.39, 0.29) is 5.56 Å². The number of anilines is 1. The van der Waals surface area contributed by atoms with Crippen molar-refractivity contribution in [2.45, 2.75) is 31.3 Å². The van der Waals surface area contributed by atoms with Crippen molar-refractivity contribution >= 4 is 40.7 Å². The second-order valence-electron chi connectivity index (χ2n) is 9.51. The van der Waals surface area contributed by atoms with Crippen LogP contribution >= 0.6 is 22.9 Å². The normalized spacial score (nSPS) is 14.3. The summed E-state index contributed by atoms with van der Waals surface area (Å²) < 4.78 is 39.0. The first kappa shape index (κ1) is 27.6. The van der Waals surface area contributed by atoms with Gasteiger partial charge in [0.05, 0.1) is 27.4 Å². The molecule has 5 rings (SSSR count). The monoisotopic (exact) mass is 583 g/mol. The number of rotatable bonds is 8. The molecule has 0 spiro atoms. The van der Waals surface area contributed by atoms with Gasteiger partial charge < -0.3 is 14.6 Å². The van der Waals surface area contributed by atoms with Gasteiger partial charge in [-0.1, -0.05) is 48.0 Å². The molecule has 1 aromatic heterocycles. The summed E-state index contributed by atoms with van der Waals surface area (Å²) in [5.41, 5.74) is 2.69. The van der Waals surface area contributed by atoms with Crippen LogP contribution in [0.1, 0.15) is 37.0 Å². The number of carboxylic acids is 1. The van der Waals surface area contributed by atoms with Gasteiger partial charge in [0.2, 0.25) is 0 Å². The summed E-state index contributed by atoms with van der Waals surface area (Å²) in [6.45, 7) is 1.45. The Morgan fingerprint density at radius 3 is 2.38 bits per heavy atom. The van der Waals surface area contributed by atoms with E-state index in [9.17, 15) is 23.5 Å². The smallest absolute Gasteiger partial charge is 0.412 e. The Labute approximate surface area is 238 Å². The van der Waals surface area contributed by atoms with Gasteiger partial charge in [-0.15, -0.1) is 11.3 Å². The number of ether oxygens (including phenoxy) is 2. The van der Waals surface area contributed by atoms with E-state index in [1.807, 2.05) is 42.5 Å². The Morgan fingerprint density at radius 2 is 1.73 bits per heavy atom. The molecule has 0 radical (unpaired) electrons. The second kappa shape index (κ2) is 10.9. The number of carboxylic acid groups (broad SMARTS) is 1. The zero-order valence-corrected chi connectivity index (χ0v) is 23.0. The van der Waals surface area contributed by atoms with Crippen LogP contribution < -0.4 is 10.1 Å². The molecule has 1 fully saturated rings. The highest BCUT2D eigenvalue weighted by atomic mass is 35.5. The molecule has 10 heteroatoms. The van der Waals surface area contributed by atoms with E-state index < -0.39 is 35.2 Å². The molecule has 0 unspecified atom stereocenters. The standard InChI is InChI=1S/C30H24ClF2NO5S/c1-16(22-14-20(32)8-10-23(22)33)39-29(37)34-24-15-26(31)40-27(24)18-5-9-21(25(13-18)38-2)17-3-6-19(7-4-17)30(11-12-30)28(35)36/h3-10,13-16H,11-12H2,1-2H3,(H,34,37)(H,35,36)/t16-/m1/s1. The van der Waals surface area contributed by atoms with Gasteiger partial charge in [-0.2, -0.15) is 0 Å². The van der Waals surface area contributed by atoms with E-state index in [2.05, 4.69) is 5.32 Å². The average Bonchev–Trinajstić information content (AvgIpc) is 3.67. The van der Waals surface area contributed by atoms with Crippen LogP contribution in [0.4, 0.5) is 19.3 Å². The number of amides is 1. The number of carbonyl (C=O) groups excluding carboxylic acids is 1. The van der Waals surface area contributed by atoms with Crippen LogP contribution in [0.25, 0.3) is 21.6 Å². The van der Waals surface area contributed by atoms with Crippen LogP contribution in [0.3, 0.4) is 0 Å². The molecule has 1 saturated carbocycles. The maximum absolute atomic E-state index is 14.1. The molecular weight excluding hydrogens is 560 g/mol. The van der Waals surface area contributed by atoms with Crippen LogP contribution in [0.15, 0.2) is 66.7 Å². The summed E-state index contributed by atoms with van der Waals surface area (Å²) in [6.07, 6.45) is -0.629. The van der Waals surface area contributed by atoms with E-state index in [1.54, 1.807) is 13.2 Å². The molecule has 1 aliphatic carbocycles. The third kappa shape index (κ3) is 5.39. The van der Waals surface area contributed by atoms with Gasteiger partial charge in [-0.05, 0) is 66.8 Å². The molecule has 0 bridgehead atoms. The first-order chi connectivity index (χ1) is 19.1. The maximum Gasteiger partial charge on any atom is 0.412 e. The Kier molecular flexibility index (Phi) is 7.53. The quantitative estimate of drug-likeness (QED) is 0.217. The number of hydrogen-bond donors (Lipinski definition) is 2. The van der Waals surface area contributed by atoms with E-state index in [4.69, 9.17) is 21.1 Å². The van der Waals surface area contributed by atoms with Gasteiger partial charge in [0.15, 0.2) is 0 Å². The SMILES string of the molecule is COc1cc(-c2sc(Cl)cc2NC(=O)O[C@H](C)c2cc(F)ccc2F)ccc1-c1ccc(C2(C(=O)O)CC2)cc1. The lowest BCUT2D eigenvalue weighted by molar-refractivity contribution is -0.140. The van der Waals surface area contributed by atoms with E-state index in [1.165, 1.54) is 18.3 Å². The highest BCUT2D eigenvalue weighted by Gasteiger charge is 2.51. The summed E-state index contributed by atoms with van der Waals surface area (Å²) in [5.74, 6) is -1.56. The Balaban J connectivity index is 1.36. The van der Waals surface area contributed by atoms with Crippen molar-refractivity contribution in [1.82, 2.24) is 0 Å². The van der Waals surface area contributed by atoms with Crippen LogP contribution in [0.2, 0.25) is 4.34 Å². The summed E-state index contributed by atoms with van der Waals surface area (Å²) in [5, 5.41) is 12.2. The molecule has 1 aliphatic rings. The predicted octanol–water partition coefficient (Wildman–Crippen LogP) is 8.45. The first-order valence-electron chi connectivity index (χ1n) is 12.4.